The molecule has 1 saturated heterocycles. The summed E-state index contributed by atoms with van der Waals surface area (Å²) in [4.78, 5) is 29.1. The Labute approximate surface area is 165 Å². The fourth-order valence-corrected chi connectivity index (χ4v) is 5.39. The third-order valence-electron chi connectivity index (χ3n) is 5.26. The van der Waals surface area contributed by atoms with Crippen LogP contribution in [0.4, 0.5) is 0 Å². The van der Waals surface area contributed by atoms with Gasteiger partial charge < -0.3 is 14.6 Å². The number of nitrogens with one attached hydrogen (secondary N) is 1. The number of aromatic amines is 1. The Morgan fingerprint density at radius 2 is 2.07 bits per heavy atom. The lowest BCUT2D eigenvalue weighted by Gasteiger charge is -2.26. The fraction of sp³-hybridized carbons (Fsp3) is 0.500. The third-order valence-corrected chi connectivity index (χ3v) is 7.01. The van der Waals surface area contributed by atoms with E-state index in [9.17, 15) is 18.0 Å². The zero-order valence-corrected chi connectivity index (χ0v) is 17.0. The number of carbonyl (C=O) groups is 2. The van der Waals surface area contributed by atoms with Gasteiger partial charge in [0.15, 0.2) is 15.9 Å². The molecule has 1 aromatic heterocycles. The van der Waals surface area contributed by atoms with Crippen LogP contribution in [0.5, 0.6) is 0 Å². The second kappa shape index (κ2) is 8.34. The van der Waals surface area contributed by atoms with Gasteiger partial charge in [0.05, 0.1) is 11.5 Å². The molecule has 0 bridgehead atoms. The van der Waals surface area contributed by atoms with Gasteiger partial charge in [-0.2, -0.15) is 0 Å². The van der Waals surface area contributed by atoms with Crippen molar-refractivity contribution < 1.29 is 22.7 Å². The van der Waals surface area contributed by atoms with Crippen LogP contribution >= 0.6 is 0 Å². The van der Waals surface area contributed by atoms with Gasteiger partial charge in [-0.1, -0.05) is 18.2 Å². The number of likely N-dealkylation sites (N-methyl/N-ethyl adjacent to an activating group) is 1. The number of benzene rings is 1. The number of esters is 1. The number of aromatic nitrogens is 1. The van der Waals surface area contributed by atoms with E-state index in [4.69, 9.17) is 4.74 Å². The van der Waals surface area contributed by atoms with Gasteiger partial charge in [-0.05, 0) is 37.8 Å². The minimum Gasteiger partial charge on any atom is -0.453 e. The summed E-state index contributed by atoms with van der Waals surface area (Å²) in [6.07, 6.45) is 3.04. The number of hydrogen-bond acceptors (Lipinski definition) is 5. The highest BCUT2D eigenvalue weighted by Crippen LogP contribution is 2.20. The molecule has 1 fully saturated rings. The van der Waals surface area contributed by atoms with Crippen molar-refractivity contribution in [1.29, 1.82) is 0 Å². The van der Waals surface area contributed by atoms with E-state index in [1.807, 2.05) is 30.5 Å². The van der Waals surface area contributed by atoms with Crippen LogP contribution in [-0.2, 0) is 30.6 Å². The summed E-state index contributed by atoms with van der Waals surface area (Å²) in [6.45, 7) is 1.53. The first-order chi connectivity index (χ1) is 13.3. The van der Waals surface area contributed by atoms with Gasteiger partial charge in [-0.3, -0.25) is 9.59 Å². The summed E-state index contributed by atoms with van der Waals surface area (Å²) < 4.78 is 28.4. The number of carbonyl (C=O) groups excluding carboxylic acids is 2. The standard InChI is InChI=1S/C20H26N2O5S/c1-14(20(24)22(2)16-10-11-28(25,26)13-16)27-19(23)9-5-6-15-12-21-18-8-4-3-7-17(15)18/h3-4,7-8,12,14,16,21H,5-6,9-11,13H2,1-2H3. The lowest BCUT2D eigenvalue weighted by molar-refractivity contribution is -0.159. The van der Waals surface area contributed by atoms with E-state index in [1.54, 1.807) is 7.05 Å². The third kappa shape index (κ3) is 4.73. The van der Waals surface area contributed by atoms with Gasteiger partial charge >= 0.3 is 5.97 Å². The molecule has 2 aromatic rings. The second-order valence-electron chi connectivity index (χ2n) is 7.35. The highest BCUT2D eigenvalue weighted by atomic mass is 32.2. The van der Waals surface area contributed by atoms with E-state index in [0.717, 1.165) is 22.9 Å². The summed E-state index contributed by atoms with van der Waals surface area (Å²) in [6, 6.07) is 7.65. The van der Waals surface area contributed by atoms with Crippen molar-refractivity contribution in [2.45, 2.75) is 44.8 Å². The normalized spacial score (nSPS) is 19.4. The maximum atomic E-state index is 12.4. The number of para-hydroxylation sites is 1. The molecule has 3 rings (SSSR count). The number of amides is 1. The maximum Gasteiger partial charge on any atom is 0.306 e. The first-order valence-corrected chi connectivity index (χ1v) is 11.3. The van der Waals surface area contributed by atoms with Crippen molar-refractivity contribution in [3.8, 4) is 0 Å². The topological polar surface area (TPSA) is 96.5 Å². The van der Waals surface area contributed by atoms with Crippen LogP contribution in [0.2, 0.25) is 0 Å². The van der Waals surface area contributed by atoms with Gasteiger partial charge in [0, 0.05) is 36.6 Å². The van der Waals surface area contributed by atoms with E-state index in [-0.39, 0.29) is 29.9 Å². The number of aryl methyl sites for hydroxylation is 1. The molecule has 1 aromatic carbocycles. The predicted molar refractivity (Wildman–Crippen MR) is 107 cm³/mol. The summed E-state index contributed by atoms with van der Waals surface area (Å²) in [5, 5.41) is 1.15. The minimum absolute atomic E-state index is 0.0273. The molecule has 1 N–H and O–H groups in total. The van der Waals surface area contributed by atoms with Crippen molar-refractivity contribution in [2.24, 2.45) is 0 Å². The maximum absolute atomic E-state index is 12.4. The zero-order chi connectivity index (χ0) is 20.3. The molecule has 152 valence electrons. The van der Waals surface area contributed by atoms with Crippen molar-refractivity contribution in [1.82, 2.24) is 9.88 Å². The minimum atomic E-state index is -3.08. The van der Waals surface area contributed by atoms with Gasteiger partial charge in [-0.15, -0.1) is 0 Å². The number of fused-ring (bicyclic) bond motifs is 1. The van der Waals surface area contributed by atoms with Crippen LogP contribution < -0.4 is 0 Å². The van der Waals surface area contributed by atoms with Gasteiger partial charge in [0.1, 0.15) is 0 Å². The van der Waals surface area contributed by atoms with Crippen LogP contribution in [0.1, 0.15) is 31.7 Å². The van der Waals surface area contributed by atoms with Crippen molar-refractivity contribution in [3.63, 3.8) is 0 Å². The number of sulfone groups is 1. The molecule has 0 radical (unpaired) electrons. The van der Waals surface area contributed by atoms with E-state index in [2.05, 4.69) is 4.98 Å². The van der Waals surface area contributed by atoms with Crippen molar-refractivity contribution in [3.05, 3.63) is 36.0 Å². The Morgan fingerprint density at radius 1 is 1.32 bits per heavy atom. The average Bonchev–Trinajstić information content (AvgIpc) is 3.23. The van der Waals surface area contributed by atoms with Crippen LogP contribution in [0.15, 0.2) is 30.5 Å². The number of H-pyrrole nitrogens is 1. The van der Waals surface area contributed by atoms with Crippen LogP contribution in [0.3, 0.4) is 0 Å². The van der Waals surface area contributed by atoms with E-state index >= 15 is 0 Å². The summed E-state index contributed by atoms with van der Waals surface area (Å²) in [5.41, 5.74) is 2.21. The lowest BCUT2D eigenvalue weighted by Crippen LogP contribution is -2.44. The smallest absolute Gasteiger partial charge is 0.306 e. The average molecular weight is 407 g/mol. The quantitative estimate of drug-likeness (QED) is 0.710. The predicted octanol–water partition coefficient (Wildman–Crippen LogP) is 2.07. The van der Waals surface area contributed by atoms with E-state index in [1.165, 1.54) is 11.8 Å². The largest absolute Gasteiger partial charge is 0.453 e. The van der Waals surface area contributed by atoms with E-state index < -0.39 is 21.9 Å². The number of rotatable bonds is 7. The number of nitrogens with zero attached hydrogens (tertiary/aromatic N) is 1. The van der Waals surface area contributed by atoms with Gasteiger partial charge in [0.2, 0.25) is 0 Å². The highest BCUT2D eigenvalue weighted by Gasteiger charge is 2.34. The van der Waals surface area contributed by atoms with Crippen LogP contribution in [-0.4, -0.2) is 60.9 Å². The summed E-state index contributed by atoms with van der Waals surface area (Å²) in [7, 11) is -1.51. The Kier molecular flexibility index (Phi) is 6.07. The molecule has 28 heavy (non-hydrogen) atoms. The highest BCUT2D eigenvalue weighted by molar-refractivity contribution is 7.91. The molecular weight excluding hydrogens is 380 g/mol. The van der Waals surface area contributed by atoms with Crippen molar-refractivity contribution >= 4 is 32.6 Å². The molecular formula is C20H26N2O5S. The SMILES string of the molecule is CC(OC(=O)CCCc1c[nH]c2ccccc12)C(=O)N(C)C1CCS(=O)(=O)C1. The Morgan fingerprint density at radius 3 is 2.79 bits per heavy atom. The van der Waals surface area contributed by atoms with Crippen LogP contribution in [0, 0.1) is 0 Å². The molecule has 2 heterocycles. The number of ether oxygens (including phenoxy) is 1. The summed E-state index contributed by atoms with van der Waals surface area (Å²) in [5.74, 6) is -0.724. The van der Waals surface area contributed by atoms with Crippen LogP contribution in [0.25, 0.3) is 10.9 Å². The Hall–Kier alpha value is -2.35. The monoisotopic (exact) mass is 406 g/mol. The Balaban J connectivity index is 1.45. The molecule has 2 unspecified atom stereocenters. The van der Waals surface area contributed by atoms with Gasteiger partial charge in [-0.25, -0.2) is 8.42 Å². The second-order valence-corrected chi connectivity index (χ2v) is 9.58. The molecule has 0 saturated carbocycles. The number of hydrogen-bond donors (Lipinski definition) is 1. The molecule has 8 heteroatoms. The van der Waals surface area contributed by atoms with E-state index in [0.29, 0.717) is 12.8 Å². The first-order valence-electron chi connectivity index (χ1n) is 9.48. The summed E-state index contributed by atoms with van der Waals surface area (Å²) >= 11 is 0. The molecule has 1 aliphatic rings. The van der Waals surface area contributed by atoms with Crippen molar-refractivity contribution in [2.75, 3.05) is 18.6 Å². The fourth-order valence-electron chi connectivity index (χ4n) is 3.62. The first kappa shape index (κ1) is 20.4. The molecule has 2 atom stereocenters. The zero-order valence-electron chi connectivity index (χ0n) is 16.2. The molecule has 7 nitrogen and oxygen atoms in total. The Bertz CT molecular complexity index is 966. The molecule has 0 spiro atoms. The molecule has 0 aliphatic carbocycles. The molecule has 1 amide bonds. The molecule has 1 aliphatic heterocycles. The van der Waals surface area contributed by atoms with Gasteiger partial charge in [0.25, 0.3) is 5.91 Å². The lowest BCUT2D eigenvalue weighted by atomic mass is 10.1.